The monoisotopic (exact) mass is 191 g/mol. The van der Waals surface area contributed by atoms with Crippen molar-refractivity contribution in [1.29, 1.82) is 0 Å². The van der Waals surface area contributed by atoms with Gasteiger partial charge in [0.15, 0.2) is 0 Å². The highest BCUT2D eigenvalue weighted by molar-refractivity contribution is 6.02. The first-order chi connectivity index (χ1) is 6.74. The highest BCUT2D eigenvalue weighted by atomic mass is 16.5. The van der Waals surface area contributed by atoms with Gasteiger partial charge in [-0.3, -0.25) is 9.67 Å². The van der Waals surface area contributed by atoms with Gasteiger partial charge in [0.05, 0.1) is 30.6 Å². The predicted octanol–water partition coefficient (Wildman–Crippen LogP) is 0.755. The fourth-order valence-electron chi connectivity index (χ4n) is 1.33. The van der Waals surface area contributed by atoms with Crippen molar-refractivity contribution < 1.29 is 9.53 Å². The molecule has 0 spiro atoms. The lowest BCUT2D eigenvalue weighted by Gasteiger charge is -1.99. The van der Waals surface area contributed by atoms with Crippen molar-refractivity contribution in [1.82, 2.24) is 14.8 Å². The highest BCUT2D eigenvalue weighted by Crippen LogP contribution is 2.16. The lowest BCUT2D eigenvalue weighted by atomic mass is 10.2. The lowest BCUT2D eigenvalue weighted by molar-refractivity contribution is 0.0602. The number of rotatable bonds is 1. The summed E-state index contributed by atoms with van der Waals surface area (Å²) in [5.74, 6) is -0.392. The molecular formula is C9H9N3O2. The first-order valence-electron chi connectivity index (χ1n) is 4.08. The molecule has 0 saturated carbocycles. The Labute approximate surface area is 80.3 Å². The number of hydrogen-bond acceptors (Lipinski definition) is 4. The maximum absolute atomic E-state index is 11.3. The van der Waals surface area contributed by atoms with Gasteiger partial charge in [-0.1, -0.05) is 0 Å². The summed E-state index contributed by atoms with van der Waals surface area (Å²) in [4.78, 5) is 15.3. The molecule has 0 unspecified atom stereocenters. The largest absolute Gasteiger partial charge is 0.465 e. The van der Waals surface area contributed by atoms with E-state index in [2.05, 4.69) is 14.8 Å². The van der Waals surface area contributed by atoms with E-state index in [0.29, 0.717) is 5.56 Å². The normalized spacial score (nSPS) is 10.4. The number of nitrogens with zero attached hydrogens (tertiary/aromatic N) is 3. The Morgan fingerprint density at radius 1 is 1.43 bits per heavy atom. The number of aromatic nitrogens is 3. The van der Waals surface area contributed by atoms with Crippen LogP contribution in [-0.4, -0.2) is 27.8 Å². The summed E-state index contributed by atoms with van der Waals surface area (Å²) >= 11 is 0. The number of fused-ring (bicyclic) bond motifs is 1. The predicted molar refractivity (Wildman–Crippen MR) is 49.8 cm³/mol. The van der Waals surface area contributed by atoms with Crippen LogP contribution >= 0.6 is 0 Å². The van der Waals surface area contributed by atoms with Crippen molar-refractivity contribution in [3.05, 3.63) is 24.2 Å². The van der Waals surface area contributed by atoms with Gasteiger partial charge in [0.1, 0.15) is 0 Å². The third kappa shape index (κ3) is 1.14. The van der Waals surface area contributed by atoms with Crippen molar-refractivity contribution in [2.75, 3.05) is 7.11 Å². The quantitative estimate of drug-likeness (QED) is 0.624. The van der Waals surface area contributed by atoms with E-state index in [1.807, 2.05) is 0 Å². The molecule has 0 radical (unpaired) electrons. The van der Waals surface area contributed by atoms with Crippen molar-refractivity contribution in [3.63, 3.8) is 0 Å². The molecule has 2 heterocycles. The van der Waals surface area contributed by atoms with Crippen LogP contribution in [0.4, 0.5) is 0 Å². The van der Waals surface area contributed by atoms with Gasteiger partial charge < -0.3 is 4.74 Å². The summed E-state index contributed by atoms with van der Waals surface area (Å²) in [6.45, 7) is 0. The maximum atomic E-state index is 11.3. The smallest absolute Gasteiger partial charge is 0.340 e. The van der Waals surface area contributed by atoms with Crippen LogP contribution in [0.3, 0.4) is 0 Å². The van der Waals surface area contributed by atoms with Crippen LogP contribution in [0.2, 0.25) is 0 Å². The van der Waals surface area contributed by atoms with Crippen LogP contribution < -0.4 is 0 Å². The van der Waals surface area contributed by atoms with E-state index in [1.54, 1.807) is 24.1 Å². The molecule has 0 aromatic carbocycles. The third-order valence-corrected chi connectivity index (χ3v) is 2.08. The fourth-order valence-corrected chi connectivity index (χ4v) is 1.33. The fraction of sp³-hybridized carbons (Fsp3) is 0.222. The molecule has 0 saturated heterocycles. The first-order valence-corrected chi connectivity index (χ1v) is 4.08. The van der Waals surface area contributed by atoms with Crippen LogP contribution in [0.15, 0.2) is 18.6 Å². The minimum absolute atomic E-state index is 0.392. The SMILES string of the molecule is COC(=O)c1cncc2c1cnn2C. The number of esters is 1. The summed E-state index contributed by atoms with van der Waals surface area (Å²) < 4.78 is 6.30. The van der Waals surface area contributed by atoms with Gasteiger partial charge in [0, 0.05) is 18.6 Å². The van der Waals surface area contributed by atoms with E-state index in [-0.39, 0.29) is 0 Å². The molecule has 2 aromatic rings. The van der Waals surface area contributed by atoms with E-state index in [9.17, 15) is 4.79 Å². The van der Waals surface area contributed by atoms with E-state index in [0.717, 1.165) is 10.9 Å². The molecule has 2 aromatic heterocycles. The zero-order valence-corrected chi connectivity index (χ0v) is 7.89. The van der Waals surface area contributed by atoms with E-state index in [4.69, 9.17) is 0 Å². The number of pyridine rings is 1. The molecule has 0 N–H and O–H groups in total. The Morgan fingerprint density at radius 3 is 2.93 bits per heavy atom. The molecular weight excluding hydrogens is 182 g/mol. The number of methoxy groups -OCH3 is 1. The summed E-state index contributed by atoms with van der Waals surface area (Å²) in [5.41, 5.74) is 1.26. The number of carbonyl (C=O) groups excluding carboxylic acids is 1. The molecule has 2 rings (SSSR count). The van der Waals surface area contributed by atoms with Crippen LogP contribution in [0.1, 0.15) is 10.4 Å². The average molecular weight is 191 g/mol. The Hall–Kier alpha value is -1.91. The summed E-state index contributed by atoms with van der Waals surface area (Å²) in [6.07, 6.45) is 4.77. The second-order valence-corrected chi connectivity index (χ2v) is 2.88. The number of carbonyl (C=O) groups is 1. The summed E-state index contributed by atoms with van der Waals surface area (Å²) in [6, 6.07) is 0. The summed E-state index contributed by atoms with van der Waals surface area (Å²) in [7, 11) is 3.14. The standard InChI is InChI=1S/C9H9N3O2/c1-12-8-5-10-3-7(9(13)14-2)6(8)4-11-12/h3-5H,1-2H3. The van der Waals surface area contributed by atoms with Crippen molar-refractivity contribution in [2.24, 2.45) is 7.05 Å². The lowest BCUT2D eigenvalue weighted by Crippen LogP contribution is -2.02. The van der Waals surface area contributed by atoms with Crippen LogP contribution in [-0.2, 0) is 11.8 Å². The molecule has 0 aliphatic heterocycles. The van der Waals surface area contributed by atoms with Crippen molar-refractivity contribution >= 4 is 16.9 Å². The van der Waals surface area contributed by atoms with E-state index < -0.39 is 5.97 Å². The molecule has 0 bridgehead atoms. The zero-order chi connectivity index (χ0) is 10.1. The third-order valence-electron chi connectivity index (χ3n) is 2.08. The minimum Gasteiger partial charge on any atom is -0.465 e. The van der Waals surface area contributed by atoms with Crippen LogP contribution in [0.5, 0.6) is 0 Å². The van der Waals surface area contributed by atoms with Gasteiger partial charge in [-0.15, -0.1) is 0 Å². The Morgan fingerprint density at radius 2 is 2.21 bits per heavy atom. The Bertz CT molecular complexity index is 490. The van der Waals surface area contributed by atoms with Gasteiger partial charge in [0.2, 0.25) is 0 Å². The molecule has 0 atom stereocenters. The second-order valence-electron chi connectivity index (χ2n) is 2.88. The van der Waals surface area contributed by atoms with Crippen LogP contribution in [0.25, 0.3) is 10.9 Å². The Balaban J connectivity index is 2.71. The highest BCUT2D eigenvalue weighted by Gasteiger charge is 2.12. The van der Waals surface area contributed by atoms with Crippen molar-refractivity contribution in [3.8, 4) is 0 Å². The topological polar surface area (TPSA) is 57.0 Å². The minimum atomic E-state index is -0.392. The van der Waals surface area contributed by atoms with E-state index in [1.165, 1.54) is 13.3 Å². The van der Waals surface area contributed by atoms with Crippen molar-refractivity contribution in [2.45, 2.75) is 0 Å². The molecule has 5 nitrogen and oxygen atoms in total. The number of aryl methyl sites for hydroxylation is 1. The van der Waals surface area contributed by atoms with Crippen LogP contribution in [0, 0.1) is 0 Å². The molecule has 5 heteroatoms. The van der Waals surface area contributed by atoms with Gasteiger partial charge >= 0.3 is 5.97 Å². The summed E-state index contributed by atoms with van der Waals surface area (Å²) in [5, 5.41) is 4.80. The number of hydrogen-bond donors (Lipinski definition) is 0. The van der Waals surface area contributed by atoms with Gasteiger partial charge in [-0.2, -0.15) is 5.10 Å². The molecule has 72 valence electrons. The van der Waals surface area contributed by atoms with Gasteiger partial charge in [-0.05, 0) is 0 Å². The Kier molecular flexibility index (Phi) is 1.92. The first kappa shape index (κ1) is 8.68. The maximum Gasteiger partial charge on any atom is 0.340 e. The van der Waals surface area contributed by atoms with E-state index >= 15 is 0 Å². The molecule has 0 fully saturated rings. The number of ether oxygens (including phenoxy) is 1. The molecule has 0 amide bonds. The second kappa shape index (κ2) is 3.10. The van der Waals surface area contributed by atoms with Gasteiger partial charge in [0.25, 0.3) is 0 Å². The zero-order valence-electron chi connectivity index (χ0n) is 7.89. The molecule has 14 heavy (non-hydrogen) atoms. The average Bonchev–Trinajstić information content (AvgIpc) is 2.59. The van der Waals surface area contributed by atoms with Gasteiger partial charge in [-0.25, -0.2) is 4.79 Å². The molecule has 0 aliphatic rings. The molecule has 0 aliphatic carbocycles.